The van der Waals surface area contributed by atoms with Crippen molar-refractivity contribution in [3.05, 3.63) is 162 Å². The van der Waals surface area contributed by atoms with Crippen molar-refractivity contribution in [2.75, 3.05) is 0 Å². The van der Waals surface area contributed by atoms with Crippen LogP contribution in [0.3, 0.4) is 0 Å². The molecular formula is C45H33NO2. The van der Waals surface area contributed by atoms with Crippen molar-refractivity contribution in [3.8, 4) is 16.8 Å². The van der Waals surface area contributed by atoms with E-state index in [0.29, 0.717) is 0 Å². The molecule has 10 aromatic rings. The first-order chi connectivity index (χ1) is 23.5. The van der Waals surface area contributed by atoms with Crippen molar-refractivity contribution < 1.29 is 8.83 Å². The van der Waals surface area contributed by atoms with Gasteiger partial charge in [0.05, 0.1) is 11.0 Å². The molecule has 7 aromatic carbocycles. The normalized spacial score (nSPS) is 11.6. The number of aromatic nitrogens is 1. The van der Waals surface area contributed by atoms with Gasteiger partial charge in [0, 0.05) is 38.0 Å². The number of rotatable bonds is 2. The topological polar surface area (TPSA) is 31.2 Å². The molecule has 0 aliphatic rings. The van der Waals surface area contributed by atoms with E-state index in [9.17, 15) is 0 Å². The molecule has 0 aliphatic heterocycles. The molecule has 3 heterocycles. The lowest BCUT2D eigenvalue weighted by molar-refractivity contribution is 0.668. The van der Waals surface area contributed by atoms with Gasteiger partial charge in [0.15, 0.2) is 0 Å². The molecule has 0 atom stereocenters. The molecule has 230 valence electrons. The van der Waals surface area contributed by atoms with E-state index in [4.69, 9.17) is 8.83 Å². The maximum Gasteiger partial charge on any atom is 0.135 e. The highest BCUT2D eigenvalue weighted by Gasteiger charge is 2.17. The van der Waals surface area contributed by atoms with Crippen molar-refractivity contribution in [1.82, 2.24) is 4.57 Å². The molecular weight excluding hydrogens is 587 g/mol. The summed E-state index contributed by atoms with van der Waals surface area (Å²) >= 11 is 0. The van der Waals surface area contributed by atoms with Gasteiger partial charge in [-0.25, -0.2) is 0 Å². The average Bonchev–Trinajstić information content (AvgIpc) is 3.77. The van der Waals surface area contributed by atoms with E-state index >= 15 is 0 Å². The minimum Gasteiger partial charge on any atom is -0.456 e. The van der Waals surface area contributed by atoms with Gasteiger partial charge in [-0.05, 0) is 104 Å². The van der Waals surface area contributed by atoms with Gasteiger partial charge >= 0.3 is 0 Å². The molecule has 0 bridgehead atoms. The Labute approximate surface area is 278 Å². The summed E-state index contributed by atoms with van der Waals surface area (Å²) in [6.45, 7) is 6.50. The van der Waals surface area contributed by atoms with Gasteiger partial charge in [-0.15, -0.1) is 0 Å². The summed E-state index contributed by atoms with van der Waals surface area (Å²) in [5.74, 6) is 0. The number of furan rings is 2. The number of aryl methyl sites for hydroxylation is 3. The molecule has 3 heteroatoms. The Morgan fingerprint density at radius 1 is 0.375 bits per heavy atom. The van der Waals surface area contributed by atoms with Crippen molar-refractivity contribution in [1.29, 1.82) is 0 Å². The largest absolute Gasteiger partial charge is 0.456 e. The third-order valence-corrected chi connectivity index (χ3v) is 9.60. The maximum atomic E-state index is 6.09. The summed E-state index contributed by atoms with van der Waals surface area (Å²) in [7, 11) is 0. The van der Waals surface area contributed by atoms with E-state index in [-0.39, 0.29) is 0 Å². The Balaban J connectivity index is 0.000000186. The Hall–Kier alpha value is -6.06. The number of benzene rings is 7. The van der Waals surface area contributed by atoms with Crippen LogP contribution in [0.2, 0.25) is 0 Å². The fraction of sp³-hybridized carbons (Fsp3) is 0.0667. The minimum absolute atomic E-state index is 0.920. The van der Waals surface area contributed by atoms with Crippen LogP contribution < -0.4 is 0 Å². The molecule has 0 N–H and O–H groups in total. The first-order valence-electron chi connectivity index (χ1n) is 16.4. The Morgan fingerprint density at radius 2 is 0.958 bits per heavy atom. The van der Waals surface area contributed by atoms with Gasteiger partial charge in [0.2, 0.25) is 0 Å². The van der Waals surface area contributed by atoms with E-state index in [1.807, 2.05) is 36.4 Å². The van der Waals surface area contributed by atoms with Crippen LogP contribution in [-0.2, 0) is 0 Å². The van der Waals surface area contributed by atoms with Crippen LogP contribution in [0.15, 0.2) is 154 Å². The van der Waals surface area contributed by atoms with Crippen LogP contribution >= 0.6 is 0 Å². The molecule has 0 unspecified atom stereocenters. The van der Waals surface area contributed by atoms with Gasteiger partial charge in [0.25, 0.3) is 0 Å². The van der Waals surface area contributed by atoms with Crippen LogP contribution in [0.5, 0.6) is 0 Å². The fourth-order valence-corrected chi connectivity index (χ4v) is 7.26. The number of nitrogens with zero attached hydrogens (tertiary/aromatic N) is 1. The van der Waals surface area contributed by atoms with E-state index in [1.165, 1.54) is 60.4 Å². The standard InChI is InChI=1S/C32H23NO.C13H10O/c1-20-9-3-4-10-23(20)26-19-27-24-11-5-7-13-29(24)33(30(27)17-21(26)2)22-15-16-32-28(18-22)25-12-6-8-14-31(25)34-32;1-9-6-7-13-11(8-9)10-4-2-3-5-12(10)14-13/h3-19H,1-2H3;2-8H,1H3. The first kappa shape index (κ1) is 28.2. The molecule has 3 nitrogen and oxygen atoms in total. The second-order valence-electron chi connectivity index (χ2n) is 12.7. The molecule has 0 saturated carbocycles. The van der Waals surface area contributed by atoms with Crippen molar-refractivity contribution in [3.63, 3.8) is 0 Å². The lowest BCUT2D eigenvalue weighted by Gasteiger charge is -2.12. The summed E-state index contributed by atoms with van der Waals surface area (Å²) in [4.78, 5) is 0. The van der Waals surface area contributed by atoms with E-state index in [2.05, 4.69) is 135 Å². The SMILES string of the molecule is Cc1ccc2oc3ccccc3c2c1.Cc1ccccc1-c1cc2c3ccccc3n(-c3ccc4oc5ccccc5c4c3)c2cc1C. The lowest BCUT2D eigenvalue weighted by Crippen LogP contribution is -1.94. The predicted molar refractivity (Wildman–Crippen MR) is 201 cm³/mol. The Bertz CT molecular complexity index is 2830. The summed E-state index contributed by atoms with van der Waals surface area (Å²) in [5, 5.41) is 7.25. The van der Waals surface area contributed by atoms with Crippen molar-refractivity contribution in [2.45, 2.75) is 20.8 Å². The van der Waals surface area contributed by atoms with Gasteiger partial charge in [0.1, 0.15) is 22.3 Å². The predicted octanol–water partition coefficient (Wildman–Crippen LogP) is 12.9. The Kier molecular flexibility index (Phi) is 6.48. The highest BCUT2D eigenvalue weighted by atomic mass is 16.3. The van der Waals surface area contributed by atoms with Crippen LogP contribution in [-0.4, -0.2) is 4.57 Å². The molecule has 0 spiro atoms. The smallest absolute Gasteiger partial charge is 0.135 e. The zero-order chi connectivity index (χ0) is 32.4. The van der Waals surface area contributed by atoms with E-state index < -0.39 is 0 Å². The first-order valence-corrected chi connectivity index (χ1v) is 16.4. The van der Waals surface area contributed by atoms with Crippen LogP contribution in [0.4, 0.5) is 0 Å². The summed E-state index contributed by atoms with van der Waals surface area (Å²) in [6.07, 6.45) is 0. The minimum atomic E-state index is 0.920. The highest BCUT2D eigenvalue weighted by molar-refractivity contribution is 6.12. The highest BCUT2D eigenvalue weighted by Crippen LogP contribution is 2.39. The molecule has 0 fully saturated rings. The van der Waals surface area contributed by atoms with Gasteiger partial charge in [-0.2, -0.15) is 0 Å². The zero-order valence-electron chi connectivity index (χ0n) is 27.1. The number of para-hydroxylation sites is 3. The number of hydrogen-bond donors (Lipinski definition) is 0. The third-order valence-electron chi connectivity index (χ3n) is 9.60. The van der Waals surface area contributed by atoms with Gasteiger partial charge in [-0.3, -0.25) is 0 Å². The van der Waals surface area contributed by atoms with Gasteiger partial charge in [-0.1, -0.05) is 90.5 Å². The second-order valence-corrected chi connectivity index (χ2v) is 12.7. The fourth-order valence-electron chi connectivity index (χ4n) is 7.26. The van der Waals surface area contributed by atoms with E-state index in [1.54, 1.807) is 0 Å². The third kappa shape index (κ3) is 4.51. The zero-order valence-corrected chi connectivity index (χ0v) is 27.1. The molecule has 0 radical (unpaired) electrons. The molecule has 0 aliphatic carbocycles. The lowest BCUT2D eigenvalue weighted by atomic mass is 9.95. The molecule has 3 aromatic heterocycles. The van der Waals surface area contributed by atoms with Crippen LogP contribution in [0.25, 0.3) is 82.5 Å². The summed E-state index contributed by atoms with van der Waals surface area (Å²) in [6, 6.07) is 51.3. The van der Waals surface area contributed by atoms with Crippen LogP contribution in [0.1, 0.15) is 16.7 Å². The molecule has 10 rings (SSSR count). The molecule has 0 amide bonds. The monoisotopic (exact) mass is 619 g/mol. The molecule has 48 heavy (non-hydrogen) atoms. The maximum absolute atomic E-state index is 6.09. The van der Waals surface area contributed by atoms with Gasteiger partial charge < -0.3 is 13.4 Å². The summed E-state index contributed by atoms with van der Waals surface area (Å²) in [5.41, 5.74) is 13.8. The number of fused-ring (bicyclic) bond motifs is 9. The van der Waals surface area contributed by atoms with E-state index in [0.717, 1.165) is 38.8 Å². The quantitative estimate of drug-likeness (QED) is 0.193. The summed E-state index contributed by atoms with van der Waals surface area (Å²) < 4.78 is 14.2. The second kappa shape index (κ2) is 11.0. The van der Waals surface area contributed by atoms with Crippen molar-refractivity contribution in [2.24, 2.45) is 0 Å². The molecule has 0 saturated heterocycles. The average molecular weight is 620 g/mol. The van der Waals surface area contributed by atoms with Crippen molar-refractivity contribution >= 4 is 65.7 Å². The van der Waals surface area contributed by atoms with Crippen LogP contribution in [0, 0.1) is 20.8 Å². The Morgan fingerprint density at radius 3 is 1.69 bits per heavy atom. The number of hydrogen-bond acceptors (Lipinski definition) is 2.